The average Bonchev–Trinajstić information content (AvgIpc) is 3.92. The fourth-order valence-electron chi connectivity index (χ4n) is 5.94. The molecule has 2 aliphatic heterocycles. The number of aromatic nitrogens is 4. The Hall–Kier alpha value is -3.90. The summed E-state index contributed by atoms with van der Waals surface area (Å²) >= 11 is 0.912. The van der Waals surface area contributed by atoms with Crippen LogP contribution in [0.15, 0.2) is 18.2 Å². The van der Waals surface area contributed by atoms with E-state index in [4.69, 9.17) is 0 Å². The minimum Gasteiger partial charge on any atom is -0.355 e. The second-order valence-electron chi connectivity index (χ2n) is 13.3. The van der Waals surface area contributed by atoms with Crippen LogP contribution in [0.4, 0.5) is 123 Å². The van der Waals surface area contributed by atoms with Gasteiger partial charge in [-0.25, -0.2) is 9.97 Å². The summed E-state index contributed by atoms with van der Waals surface area (Å²) in [5, 5.41) is 0. The van der Waals surface area contributed by atoms with Gasteiger partial charge in [-0.05, 0) is 81.6 Å². The van der Waals surface area contributed by atoms with Gasteiger partial charge in [0.25, 0.3) is 0 Å². The van der Waals surface area contributed by atoms with E-state index in [9.17, 15) is 87.8 Å². The van der Waals surface area contributed by atoms with E-state index < -0.39 is 177 Å². The van der Waals surface area contributed by atoms with Gasteiger partial charge in [0, 0.05) is 7.15 Å². The summed E-state index contributed by atoms with van der Waals surface area (Å²) in [6, 6.07) is -1.27. The molecule has 0 amide bonds. The molecule has 3 aromatic heterocycles. The molecule has 366 valence electrons. The standard InChI is InChI=1S/C32H8F28I2N4/c33-21(34,25(41,42)29(49,50)51)15-9-1-2-10(63-9)16(22(35,36)26(43,44)30(52,53)54)14-6-8(62)20(66-14)18(24(39,40)28(47,48)32(58,59)60)12-4-3-11(64-12)17(19-7(61)5-13(15)65-19)23(37,38)27(45,46)31(55,56)57/h1-6,63,65H. The van der Waals surface area contributed by atoms with Gasteiger partial charge in [-0.1, -0.05) is 0 Å². The van der Waals surface area contributed by atoms with E-state index >= 15 is 35.1 Å². The van der Waals surface area contributed by atoms with Crippen LogP contribution in [0, 0.1) is 3.57 Å². The molecule has 4 nitrogen and oxygen atoms in total. The fraction of sp³-hybridized carbons (Fsp3) is 0.375. The summed E-state index contributed by atoms with van der Waals surface area (Å²) in [5.74, 6) is -58.3. The van der Waals surface area contributed by atoms with Gasteiger partial charge in [0.05, 0.1) is 67.1 Å². The van der Waals surface area contributed by atoms with E-state index in [1.165, 1.54) is 0 Å². The van der Waals surface area contributed by atoms with Crippen molar-refractivity contribution >= 4 is 89.1 Å². The van der Waals surface area contributed by atoms with E-state index in [1.54, 1.807) is 0 Å². The van der Waals surface area contributed by atoms with Gasteiger partial charge < -0.3 is 9.97 Å². The number of aromatic amines is 2. The predicted octanol–water partition coefficient (Wildman–Crippen LogP) is 15.2. The minimum absolute atomic E-state index is 0.379. The third kappa shape index (κ3) is 7.61. The van der Waals surface area contributed by atoms with Crippen LogP contribution in [0.25, 0.3) is 43.9 Å². The van der Waals surface area contributed by atoms with Gasteiger partial charge in [0.15, 0.2) is 0 Å². The molecule has 0 saturated heterocycles. The molecule has 34 heteroatoms. The van der Waals surface area contributed by atoms with Gasteiger partial charge >= 0.3 is 72.1 Å². The maximum atomic E-state index is 15.8. The number of nitrogens with one attached hydrogen (secondary N) is 2. The summed E-state index contributed by atoms with van der Waals surface area (Å²) in [6.45, 7) is 0. The predicted molar refractivity (Wildman–Crippen MR) is 184 cm³/mol. The van der Waals surface area contributed by atoms with Gasteiger partial charge in [-0.15, -0.1) is 0 Å². The number of hydrogen-bond acceptors (Lipinski definition) is 2. The van der Waals surface area contributed by atoms with Crippen LogP contribution < -0.4 is 0 Å². The highest BCUT2D eigenvalue weighted by atomic mass is 127. The largest absolute Gasteiger partial charge is 0.460 e. The van der Waals surface area contributed by atoms with Crippen LogP contribution in [0.1, 0.15) is 45.0 Å². The molecule has 0 aliphatic carbocycles. The van der Waals surface area contributed by atoms with Crippen molar-refractivity contribution in [2.24, 2.45) is 0 Å². The molecule has 5 heterocycles. The van der Waals surface area contributed by atoms with Gasteiger partial charge in [0.2, 0.25) is 0 Å². The van der Waals surface area contributed by atoms with Crippen LogP contribution in [0.2, 0.25) is 0 Å². The monoisotopic (exact) mass is 1230 g/mol. The van der Waals surface area contributed by atoms with E-state index in [-0.39, 0.29) is 6.07 Å². The highest BCUT2D eigenvalue weighted by Gasteiger charge is 2.78. The molecule has 0 aromatic carbocycles. The third-order valence-corrected chi connectivity index (χ3v) is 10.8. The van der Waals surface area contributed by atoms with E-state index in [0.29, 0.717) is 45.2 Å². The van der Waals surface area contributed by atoms with Crippen LogP contribution >= 0.6 is 45.2 Å². The van der Waals surface area contributed by atoms with Crippen LogP contribution in [-0.4, -0.2) is 68.3 Å². The first-order valence-electron chi connectivity index (χ1n) is 16.0. The Morgan fingerprint density at radius 2 is 0.727 bits per heavy atom. The number of H-pyrrole nitrogens is 2. The molecule has 0 spiro atoms. The summed E-state index contributed by atoms with van der Waals surface area (Å²) in [5.41, 5.74) is -31.6. The van der Waals surface area contributed by atoms with Crippen molar-refractivity contribution in [2.45, 2.75) is 72.1 Å². The van der Waals surface area contributed by atoms with Crippen molar-refractivity contribution < 1.29 is 123 Å². The first-order valence-corrected chi connectivity index (χ1v) is 18.2. The summed E-state index contributed by atoms with van der Waals surface area (Å²) in [6.07, 6.45) is -31.3. The molecular weight excluding hydrogens is 1230 g/mol. The van der Waals surface area contributed by atoms with E-state index in [1.807, 2.05) is 0 Å². The van der Waals surface area contributed by atoms with E-state index in [2.05, 4.69) is 9.97 Å². The first kappa shape index (κ1) is 53.1. The molecular formula is C32H8F28I2N4. The van der Waals surface area contributed by atoms with Crippen molar-refractivity contribution in [1.29, 1.82) is 0 Å². The zero-order valence-corrected chi connectivity index (χ0v) is 34.0. The highest BCUT2D eigenvalue weighted by Crippen LogP contribution is 2.59. The molecule has 0 radical (unpaired) electrons. The van der Waals surface area contributed by atoms with Gasteiger partial charge in [-0.3, -0.25) is 0 Å². The lowest BCUT2D eigenvalue weighted by Crippen LogP contribution is -2.50. The Labute approximate surface area is 369 Å². The second-order valence-corrected chi connectivity index (χ2v) is 15.7. The molecule has 3 aromatic rings. The lowest BCUT2D eigenvalue weighted by molar-refractivity contribution is -0.359. The zero-order chi connectivity index (χ0) is 51.2. The van der Waals surface area contributed by atoms with E-state index in [0.717, 1.165) is 9.97 Å². The normalized spacial score (nSPS) is 15.8. The maximum absolute atomic E-state index is 15.8. The fourth-order valence-corrected chi connectivity index (χ4v) is 7.34. The molecule has 0 saturated carbocycles. The van der Waals surface area contributed by atoms with Crippen LogP contribution in [0.5, 0.6) is 0 Å². The first-order chi connectivity index (χ1) is 29.2. The molecule has 0 atom stereocenters. The van der Waals surface area contributed by atoms with Crippen molar-refractivity contribution in [3.8, 4) is 0 Å². The van der Waals surface area contributed by atoms with Crippen LogP contribution in [0.3, 0.4) is 0 Å². The molecule has 2 N–H and O–H groups in total. The number of fused-ring (bicyclic) bond motifs is 8. The summed E-state index contributed by atoms with van der Waals surface area (Å²) < 4.78 is 404. The smallest absolute Gasteiger partial charge is 0.355 e. The molecule has 0 unspecified atom stereocenters. The van der Waals surface area contributed by atoms with Crippen molar-refractivity contribution in [1.82, 2.24) is 19.9 Å². The van der Waals surface area contributed by atoms with Crippen LogP contribution in [-0.2, 0) is 23.7 Å². The van der Waals surface area contributed by atoms with Crippen molar-refractivity contribution in [3.05, 3.63) is 66.8 Å². The topological polar surface area (TPSA) is 57.4 Å². The lowest BCUT2D eigenvalue weighted by atomic mass is 9.98. The number of halogens is 30. The Morgan fingerprint density at radius 3 is 1.14 bits per heavy atom. The SMILES string of the molecule is FC(F)(F)C(F)(F)C(F)(F)c1c2nc(c(C(F)(F)C(F)(F)C(F)(F)F)c3[nH]c(cc3I)c(C(F)(F)C(F)(F)C(F)(F)F)c3ccc([nH]3)c(C(F)(F)C(F)(F)C(F)(F)F)c3nc1C(I)=C3)C=C2. The number of rotatable bonds is 8. The third-order valence-electron chi connectivity index (χ3n) is 9.14. The summed E-state index contributed by atoms with van der Waals surface area (Å²) in [4.78, 5) is 7.49. The Kier molecular flexibility index (Phi) is 12.3. The molecule has 5 rings (SSSR count). The van der Waals surface area contributed by atoms with Crippen molar-refractivity contribution in [2.75, 3.05) is 0 Å². The van der Waals surface area contributed by atoms with Gasteiger partial charge in [-0.2, -0.15) is 123 Å². The maximum Gasteiger partial charge on any atom is 0.460 e. The Balaban J connectivity index is 2.29. The van der Waals surface area contributed by atoms with Gasteiger partial charge in [0.1, 0.15) is 0 Å². The Bertz CT molecular complexity index is 2690. The zero-order valence-electron chi connectivity index (χ0n) is 29.7. The average molecular weight is 1230 g/mol. The number of nitrogens with zero attached hydrogens (tertiary/aromatic N) is 2. The lowest BCUT2D eigenvalue weighted by Gasteiger charge is -2.29. The Morgan fingerprint density at radius 1 is 0.379 bits per heavy atom. The summed E-state index contributed by atoms with van der Waals surface area (Å²) in [7, 11) is 0. The van der Waals surface area contributed by atoms with Crippen molar-refractivity contribution in [3.63, 3.8) is 0 Å². The molecule has 0 fully saturated rings. The molecule has 2 aliphatic rings. The molecule has 66 heavy (non-hydrogen) atoms. The molecule has 8 bridgehead atoms. The second kappa shape index (κ2) is 15.3. The number of hydrogen-bond donors (Lipinski definition) is 2. The quantitative estimate of drug-likeness (QED) is 0.136. The minimum atomic E-state index is -7.54. The highest BCUT2D eigenvalue weighted by molar-refractivity contribution is 14.1. The number of alkyl halides is 28.